The van der Waals surface area contributed by atoms with E-state index in [4.69, 9.17) is 0 Å². The second-order valence-corrected chi connectivity index (χ2v) is 8.41. The zero-order valence-corrected chi connectivity index (χ0v) is 18.6. The number of hydrogen-bond donors (Lipinski definition) is 2. The number of benzene rings is 2. The lowest BCUT2D eigenvalue weighted by Gasteiger charge is -2.39. The van der Waals surface area contributed by atoms with E-state index in [0.717, 1.165) is 17.5 Å². The number of nitrogens with one attached hydrogen (secondary N) is 1. The van der Waals surface area contributed by atoms with Crippen LogP contribution in [0, 0.1) is 10.1 Å². The molecule has 8 heteroatoms. The number of rotatable bonds is 8. The van der Waals surface area contributed by atoms with Crippen molar-refractivity contribution in [2.75, 3.05) is 6.54 Å². The highest BCUT2D eigenvalue weighted by atomic mass is 16.6. The van der Waals surface area contributed by atoms with E-state index in [1.165, 1.54) is 12.1 Å². The molecule has 2 aromatic rings. The normalized spacial score (nSPS) is 20.6. The first-order chi connectivity index (χ1) is 15.3. The molecule has 0 bridgehead atoms. The Kier molecular flexibility index (Phi) is 6.93. The van der Waals surface area contributed by atoms with E-state index in [-0.39, 0.29) is 36.6 Å². The molecule has 1 aliphatic heterocycles. The van der Waals surface area contributed by atoms with Crippen molar-refractivity contribution in [3.05, 3.63) is 75.3 Å². The number of nitro benzene ring substituents is 1. The minimum Gasteiger partial charge on any atom is -0.392 e. The van der Waals surface area contributed by atoms with Crippen LogP contribution in [-0.2, 0) is 21.6 Å². The molecule has 0 radical (unpaired) electrons. The number of carbonyl (C=O) groups is 2. The Hall–Kier alpha value is -3.26. The van der Waals surface area contributed by atoms with Gasteiger partial charge in [-0.05, 0) is 37.0 Å². The number of carbonyl (C=O) groups excluding carboxylic acids is 2. The third kappa shape index (κ3) is 4.10. The second-order valence-electron chi connectivity index (χ2n) is 8.41. The Labute approximate surface area is 187 Å². The van der Waals surface area contributed by atoms with Gasteiger partial charge in [-0.25, -0.2) is 0 Å². The van der Waals surface area contributed by atoms with Crippen LogP contribution in [0.5, 0.6) is 0 Å². The molecule has 32 heavy (non-hydrogen) atoms. The molecular weight excluding hydrogens is 410 g/mol. The topological polar surface area (TPSA) is 113 Å². The van der Waals surface area contributed by atoms with Gasteiger partial charge >= 0.3 is 0 Å². The molecule has 1 heterocycles. The monoisotopic (exact) mass is 439 g/mol. The maximum atomic E-state index is 13.7. The first kappa shape index (κ1) is 23.4. The highest BCUT2D eigenvalue weighted by Crippen LogP contribution is 2.51. The van der Waals surface area contributed by atoms with Crippen molar-refractivity contribution in [3.8, 4) is 0 Å². The highest BCUT2D eigenvalue weighted by Gasteiger charge is 2.58. The molecule has 2 aromatic carbocycles. The van der Waals surface area contributed by atoms with Gasteiger partial charge in [0, 0.05) is 31.1 Å². The molecule has 1 fully saturated rings. The molecular formula is C24H29N3O5. The van der Waals surface area contributed by atoms with Crippen molar-refractivity contribution in [1.82, 2.24) is 10.2 Å². The minimum atomic E-state index is -1.24. The third-order valence-corrected chi connectivity index (χ3v) is 6.03. The molecule has 0 aliphatic carbocycles. The van der Waals surface area contributed by atoms with E-state index < -0.39 is 16.4 Å². The summed E-state index contributed by atoms with van der Waals surface area (Å²) in [6.07, 6.45) is 0.699. The standard InChI is InChI=1S/C24H29N3O5/c1-4-13-25-23(30)24(19-9-11-20(12-10-19)27(31)32)14-21(29)26(16(2)3)22(24)18-7-5-17(15-28)6-8-18/h5-12,16,22,28H,4,13-15H2,1-3H3,(H,25,30)/t22-,24-/m1/s1. The number of likely N-dealkylation sites (tertiary alicyclic amines) is 1. The van der Waals surface area contributed by atoms with Gasteiger partial charge in [0.05, 0.1) is 17.6 Å². The first-order valence-corrected chi connectivity index (χ1v) is 10.8. The molecule has 0 saturated carbocycles. The Bertz CT molecular complexity index is 988. The third-order valence-electron chi connectivity index (χ3n) is 6.03. The van der Waals surface area contributed by atoms with Crippen LogP contribution in [0.15, 0.2) is 48.5 Å². The minimum absolute atomic E-state index is 0.0367. The Morgan fingerprint density at radius 2 is 1.84 bits per heavy atom. The molecule has 2 atom stereocenters. The number of aliphatic hydroxyl groups excluding tert-OH is 1. The molecule has 0 aromatic heterocycles. The van der Waals surface area contributed by atoms with Crippen molar-refractivity contribution >= 4 is 17.5 Å². The van der Waals surface area contributed by atoms with Crippen LogP contribution >= 0.6 is 0 Å². The first-order valence-electron chi connectivity index (χ1n) is 10.8. The van der Waals surface area contributed by atoms with Crippen LogP contribution in [0.2, 0.25) is 0 Å². The predicted molar refractivity (Wildman–Crippen MR) is 120 cm³/mol. The van der Waals surface area contributed by atoms with E-state index in [1.54, 1.807) is 29.2 Å². The van der Waals surface area contributed by atoms with Crippen LogP contribution in [0.25, 0.3) is 0 Å². The molecule has 0 unspecified atom stereocenters. The van der Waals surface area contributed by atoms with Gasteiger partial charge in [0.1, 0.15) is 5.41 Å². The summed E-state index contributed by atoms with van der Waals surface area (Å²) in [6.45, 7) is 6.11. The summed E-state index contributed by atoms with van der Waals surface area (Å²) in [5, 5.41) is 23.6. The van der Waals surface area contributed by atoms with Gasteiger partial charge in [-0.3, -0.25) is 19.7 Å². The van der Waals surface area contributed by atoms with Crippen LogP contribution in [0.4, 0.5) is 5.69 Å². The number of non-ortho nitro benzene ring substituents is 1. The van der Waals surface area contributed by atoms with Gasteiger partial charge in [0.25, 0.3) is 5.69 Å². The van der Waals surface area contributed by atoms with Gasteiger partial charge in [-0.2, -0.15) is 0 Å². The number of nitrogens with zero attached hydrogens (tertiary/aromatic N) is 2. The summed E-state index contributed by atoms with van der Waals surface area (Å²) >= 11 is 0. The summed E-state index contributed by atoms with van der Waals surface area (Å²) in [7, 11) is 0. The van der Waals surface area contributed by atoms with E-state index in [0.29, 0.717) is 12.1 Å². The lowest BCUT2D eigenvalue weighted by atomic mass is 9.70. The zero-order chi connectivity index (χ0) is 23.5. The van der Waals surface area contributed by atoms with Crippen molar-refractivity contribution in [1.29, 1.82) is 0 Å². The fraction of sp³-hybridized carbons (Fsp3) is 0.417. The summed E-state index contributed by atoms with van der Waals surface area (Å²) in [5.74, 6) is -0.429. The number of aliphatic hydroxyl groups is 1. The fourth-order valence-corrected chi connectivity index (χ4v) is 4.52. The van der Waals surface area contributed by atoms with Crippen LogP contribution in [-0.4, -0.2) is 39.3 Å². The average molecular weight is 440 g/mol. The van der Waals surface area contributed by atoms with Crippen LogP contribution in [0.1, 0.15) is 56.3 Å². The molecule has 3 rings (SSSR count). The summed E-state index contributed by atoms with van der Waals surface area (Å²) < 4.78 is 0. The van der Waals surface area contributed by atoms with Gasteiger partial charge in [-0.1, -0.05) is 43.3 Å². The smallest absolute Gasteiger partial charge is 0.269 e. The predicted octanol–water partition coefficient (Wildman–Crippen LogP) is 3.23. The zero-order valence-electron chi connectivity index (χ0n) is 18.6. The Morgan fingerprint density at radius 1 is 1.22 bits per heavy atom. The van der Waals surface area contributed by atoms with Gasteiger partial charge < -0.3 is 15.3 Å². The number of amides is 2. The molecule has 1 aliphatic rings. The van der Waals surface area contributed by atoms with Crippen molar-refractivity contribution < 1.29 is 19.6 Å². The molecule has 1 saturated heterocycles. The summed E-state index contributed by atoms with van der Waals surface area (Å²) in [5.41, 5.74) is 0.736. The molecule has 8 nitrogen and oxygen atoms in total. The Balaban J connectivity index is 2.24. The van der Waals surface area contributed by atoms with Crippen molar-refractivity contribution in [2.24, 2.45) is 0 Å². The molecule has 2 N–H and O–H groups in total. The SMILES string of the molecule is CCCNC(=O)[C@@]1(c2ccc([N+](=O)[O-])cc2)CC(=O)N(C(C)C)[C@@H]1c1ccc(CO)cc1. The lowest BCUT2D eigenvalue weighted by Crippen LogP contribution is -2.49. The van der Waals surface area contributed by atoms with Gasteiger partial charge in [0.2, 0.25) is 11.8 Å². The van der Waals surface area contributed by atoms with Crippen molar-refractivity contribution in [3.63, 3.8) is 0 Å². The average Bonchev–Trinajstić information content (AvgIpc) is 3.11. The number of hydrogen-bond acceptors (Lipinski definition) is 5. The fourth-order valence-electron chi connectivity index (χ4n) is 4.52. The maximum absolute atomic E-state index is 13.7. The van der Waals surface area contributed by atoms with E-state index in [9.17, 15) is 24.8 Å². The summed E-state index contributed by atoms with van der Waals surface area (Å²) in [4.78, 5) is 39.4. The highest BCUT2D eigenvalue weighted by molar-refractivity contribution is 5.98. The van der Waals surface area contributed by atoms with Gasteiger partial charge in [-0.15, -0.1) is 0 Å². The molecule has 2 amide bonds. The molecule has 0 spiro atoms. The van der Waals surface area contributed by atoms with Gasteiger partial charge in [0.15, 0.2) is 0 Å². The van der Waals surface area contributed by atoms with Crippen molar-refractivity contribution in [2.45, 2.75) is 57.7 Å². The van der Waals surface area contributed by atoms with E-state index in [1.807, 2.05) is 32.9 Å². The Morgan fingerprint density at radius 3 is 2.34 bits per heavy atom. The van der Waals surface area contributed by atoms with E-state index in [2.05, 4.69) is 5.32 Å². The van der Waals surface area contributed by atoms with Crippen LogP contribution < -0.4 is 5.32 Å². The number of nitro groups is 1. The quantitative estimate of drug-likeness (QED) is 0.484. The summed E-state index contributed by atoms with van der Waals surface area (Å²) in [6, 6.07) is 12.4. The largest absolute Gasteiger partial charge is 0.392 e. The van der Waals surface area contributed by atoms with Crippen LogP contribution in [0.3, 0.4) is 0 Å². The second kappa shape index (κ2) is 9.48. The molecule has 170 valence electrons. The van der Waals surface area contributed by atoms with E-state index >= 15 is 0 Å². The maximum Gasteiger partial charge on any atom is 0.269 e. The lowest BCUT2D eigenvalue weighted by molar-refractivity contribution is -0.384.